The van der Waals surface area contributed by atoms with Crippen LogP contribution in [0.2, 0.25) is 0 Å². The summed E-state index contributed by atoms with van der Waals surface area (Å²) in [6.07, 6.45) is 3.64. The Morgan fingerprint density at radius 2 is 1.65 bits per heavy atom. The van der Waals surface area contributed by atoms with Gasteiger partial charge in [0.1, 0.15) is 0 Å². The molecule has 0 spiro atoms. The maximum atomic E-state index is 12.3. The second-order valence-electron chi connectivity index (χ2n) is 8.43. The van der Waals surface area contributed by atoms with Crippen LogP contribution in [0.3, 0.4) is 0 Å². The summed E-state index contributed by atoms with van der Waals surface area (Å²) in [6.45, 7) is 4.46. The van der Waals surface area contributed by atoms with Gasteiger partial charge in [-0.15, -0.1) is 5.10 Å². The number of sulfone groups is 1. The highest BCUT2D eigenvalue weighted by Crippen LogP contribution is 2.31. The molecule has 0 N–H and O–H groups in total. The normalized spacial score (nSPS) is 17.7. The van der Waals surface area contributed by atoms with E-state index in [1.807, 2.05) is 59.4 Å². The molecule has 8 heteroatoms. The van der Waals surface area contributed by atoms with Crippen molar-refractivity contribution < 1.29 is 8.42 Å². The predicted molar refractivity (Wildman–Crippen MR) is 121 cm³/mol. The smallest absolute Gasteiger partial charge is 0.157 e. The monoisotopic (exact) mass is 437 g/mol. The van der Waals surface area contributed by atoms with Gasteiger partial charge < -0.3 is 4.90 Å². The third-order valence-corrected chi connectivity index (χ3v) is 8.22. The third-order valence-electron chi connectivity index (χ3n) is 6.00. The molecular formula is C23H27N5O2S. The van der Waals surface area contributed by atoms with Crippen LogP contribution in [-0.4, -0.2) is 59.7 Å². The molecule has 31 heavy (non-hydrogen) atoms. The average molecular weight is 438 g/mol. The van der Waals surface area contributed by atoms with Gasteiger partial charge in [-0.25, -0.2) is 13.1 Å². The molecule has 2 heterocycles. The average Bonchev–Trinajstić information content (AvgIpc) is 3.56. The second kappa shape index (κ2) is 8.43. The van der Waals surface area contributed by atoms with Crippen molar-refractivity contribution in [1.29, 1.82) is 0 Å². The second-order valence-corrected chi connectivity index (χ2v) is 10.7. The van der Waals surface area contributed by atoms with Gasteiger partial charge in [-0.05, 0) is 42.7 Å². The Kier molecular flexibility index (Phi) is 5.50. The molecule has 2 aromatic carbocycles. The Bertz CT molecular complexity index is 1130. The standard InChI is InChI=1S/C23H27N5O2S/c29-31(30,23-9-10-23)18-19-5-4-8-22(15-19)27-13-11-26(12-14-27)16-20-17-28(25-24-20)21-6-2-1-3-7-21/h1-8,15,17,23H,9-14,16,18H2. The van der Waals surface area contributed by atoms with Crippen LogP contribution in [0.15, 0.2) is 60.8 Å². The summed E-state index contributed by atoms with van der Waals surface area (Å²) in [6, 6.07) is 18.0. The molecule has 3 aromatic rings. The minimum absolute atomic E-state index is 0.112. The van der Waals surface area contributed by atoms with Crippen LogP contribution in [0, 0.1) is 0 Å². The lowest BCUT2D eigenvalue weighted by Crippen LogP contribution is -2.46. The fraction of sp³-hybridized carbons (Fsp3) is 0.391. The summed E-state index contributed by atoms with van der Waals surface area (Å²) in [4.78, 5) is 4.72. The van der Waals surface area contributed by atoms with Gasteiger partial charge in [0.25, 0.3) is 0 Å². The Morgan fingerprint density at radius 3 is 2.39 bits per heavy atom. The summed E-state index contributed by atoms with van der Waals surface area (Å²) in [5, 5.41) is 8.47. The predicted octanol–water partition coefficient (Wildman–Crippen LogP) is 2.67. The molecule has 2 aliphatic rings. The molecule has 1 aliphatic heterocycles. The molecule has 1 aromatic heterocycles. The van der Waals surface area contributed by atoms with Crippen LogP contribution >= 0.6 is 0 Å². The molecule has 162 valence electrons. The maximum absolute atomic E-state index is 12.3. The van der Waals surface area contributed by atoms with Crippen molar-refractivity contribution in [2.45, 2.75) is 30.4 Å². The number of anilines is 1. The Hall–Kier alpha value is -2.71. The first-order valence-electron chi connectivity index (χ1n) is 10.8. The first-order valence-corrected chi connectivity index (χ1v) is 12.5. The van der Waals surface area contributed by atoms with Gasteiger partial charge in [-0.1, -0.05) is 35.5 Å². The van der Waals surface area contributed by atoms with Crippen molar-refractivity contribution in [2.75, 3.05) is 31.1 Å². The van der Waals surface area contributed by atoms with Gasteiger partial charge in [0.2, 0.25) is 0 Å². The lowest BCUT2D eigenvalue weighted by molar-refractivity contribution is 0.247. The van der Waals surface area contributed by atoms with E-state index >= 15 is 0 Å². The molecule has 0 atom stereocenters. The van der Waals surface area contributed by atoms with Gasteiger partial charge in [0, 0.05) is 38.4 Å². The number of aromatic nitrogens is 3. The van der Waals surface area contributed by atoms with Crippen LogP contribution in [0.25, 0.3) is 5.69 Å². The van der Waals surface area contributed by atoms with E-state index in [1.165, 1.54) is 0 Å². The number of rotatable bonds is 7. The van der Waals surface area contributed by atoms with Gasteiger partial charge in [-0.3, -0.25) is 4.90 Å². The van der Waals surface area contributed by atoms with E-state index in [9.17, 15) is 8.42 Å². The maximum Gasteiger partial charge on any atom is 0.157 e. The van der Waals surface area contributed by atoms with E-state index in [2.05, 4.69) is 26.2 Å². The lowest BCUT2D eigenvalue weighted by Gasteiger charge is -2.35. The molecule has 0 radical (unpaired) electrons. The van der Waals surface area contributed by atoms with Crippen LogP contribution in [0.4, 0.5) is 5.69 Å². The largest absolute Gasteiger partial charge is 0.369 e. The van der Waals surface area contributed by atoms with Crippen molar-refractivity contribution in [3.05, 3.63) is 72.1 Å². The fourth-order valence-electron chi connectivity index (χ4n) is 4.09. The lowest BCUT2D eigenvalue weighted by atomic mass is 10.2. The Labute approximate surface area is 183 Å². The van der Waals surface area contributed by atoms with Crippen LogP contribution < -0.4 is 4.90 Å². The highest BCUT2D eigenvalue weighted by atomic mass is 32.2. The van der Waals surface area contributed by atoms with Crippen LogP contribution in [-0.2, 0) is 22.1 Å². The first-order chi connectivity index (χ1) is 15.1. The van der Waals surface area contributed by atoms with E-state index in [0.29, 0.717) is 0 Å². The van der Waals surface area contributed by atoms with Crippen LogP contribution in [0.1, 0.15) is 24.1 Å². The molecule has 2 fully saturated rings. The first kappa shape index (κ1) is 20.2. The van der Waals surface area contributed by atoms with E-state index in [0.717, 1.165) is 68.2 Å². The summed E-state index contributed by atoms with van der Waals surface area (Å²) in [5.41, 5.74) is 3.97. The molecule has 0 bridgehead atoms. The summed E-state index contributed by atoms with van der Waals surface area (Å²) in [7, 11) is -2.99. The zero-order chi connectivity index (χ0) is 21.3. The zero-order valence-electron chi connectivity index (χ0n) is 17.5. The van der Waals surface area contributed by atoms with E-state index in [1.54, 1.807) is 0 Å². The van der Waals surface area contributed by atoms with Crippen molar-refractivity contribution in [2.24, 2.45) is 0 Å². The highest BCUT2D eigenvalue weighted by molar-refractivity contribution is 7.91. The third kappa shape index (κ3) is 4.80. The number of hydrogen-bond acceptors (Lipinski definition) is 6. The van der Waals surface area contributed by atoms with Crippen molar-refractivity contribution in [3.8, 4) is 5.69 Å². The minimum atomic E-state index is -2.99. The number of piperazine rings is 1. The highest BCUT2D eigenvalue weighted by Gasteiger charge is 2.35. The number of nitrogens with zero attached hydrogens (tertiary/aromatic N) is 5. The molecule has 0 unspecified atom stereocenters. The Balaban J connectivity index is 1.17. The molecule has 5 rings (SSSR count). The molecule has 7 nitrogen and oxygen atoms in total. The van der Waals surface area contributed by atoms with Crippen molar-refractivity contribution >= 4 is 15.5 Å². The quantitative estimate of drug-likeness (QED) is 0.566. The van der Waals surface area contributed by atoms with E-state index in [-0.39, 0.29) is 11.0 Å². The van der Waals surface area contributed by atoms with Crippen molar-refractivity contribution in [1.82, 2.24) is 19.9 Å². The molecule has 1 aliphatic carbocycles. The molecule has 0 amide bonds. The number of benzene rings is 2. The van der Waals surface area contributed by atoms with Gasteiger partial charge >= 0.3 is 0 Å². The SMILES string of the molecule is O=S(=O)(Cc1cccc(N2CCN(Cc3cn(-c4ccccc4)nn3)CC2)c1)C1CC1. The van der Waals surface area contributed by atoms with Crippen molar-refractivity contribution in [3.63, 3.8) is 0 Å². The van der Waals surface area contributed by atoms with Gasteiger partial charge in [0.05, 0.1) is 28.6 Å². The van der Waals surface area contributed by atoms with Gasteiger partial charge in [0.15, 0.2) is 9.84 Å². The van der Waals surface area contributed by atoms with E-state index < -0.39 is 9.84 Å². The molecule has 1 saturated carbocycles. The zero-order valence-corrected chi connectivity index (χ0v) is 18.3. The molecular weight excluding hydrogens is 410 g/mol. The summed E-state index contributed by atoms with van der Waals surface area (Å²) in [5.74, 6) is 0.155. The fourth-order valence-corrected chi connectivity index (χ4v) is 5.83. The topological polar surface area (TPSA) is 71.3 Å². The summed E-state index contributed by atoms with van der Waals surface area (Å²) < 4.78 is 26.5. The Morgan fingerprint density at radius 1 is 0.903 bits per heavy atom. The van der Waals surface area contributed by atoms with E-state index in [4.69, 9.17) is 0 Å². The summed E-state index contributed by atoms with van der Waals surface area (Å²) >= 11 is 0. The molecule has 1 saturated heterocycles. The minimum Gasteiger partial charge on any atom is -0.369 e. The van der Waals surface area contributed by atoms with Crippen LogP contribution in [0.5, 0.6) is 0 Å². The van der Waals surface area contributed by atoms with Gasteiger partial charge in [-0.2, -0.15) is 0 Å². The number of para-hydroxylation sites is 1. The number of hydrogen-bond donors (Lipinski definition) is 0.